The number of benzene rings is 1. The van der Waals surface area contributed by atoms with Crippen LogP contribution in [0, 0.1) is 11.6 Å². The maximum absolute atomic E-state index is 14.5. The highest BCUT2D eigenvalue weighted by molar-refractivity contribution is 9.10. The first kappa shape index (κ1) is 27.1. The highest BCUT2D eigenvalue weighted by Crippen LogP contribution is 2.43. The molecule has 1 saturated heterocycles. The molecule has 10 nitrogen and oxygen atoms in total. The molecule has 0 radical (unpaired) electrons. The molecular formula is C23H25BrF4N6O4. The first-order valence-corrected chi connectivity index (χ1v) is 12.7. The normalized spacial score (nSPS) is 29.2. The quantitative estimate of drug-likeness (QED) is 0.312. The molecule has 1 saturated carbocycles. The minimum absolute atomic E-state index is 0.0139. The molecule has 2 aliphatic rings. The number of ether oxygens (including phenoxy) is 2. The molecule has 6 atom stereocenters. The van der Waals surface area contributed by atoms with Crippen molar-refractivity contribution in [1.29, 1.82) is 0 Å². The molecule has 2 N–H and O–H groups in total. The van der Waals surface area contributed by atoms with Crippen LogP contribution in [0.5, 0.6) is 0 Å². The van der Waals surface area contributed by atoms with Gasteiger partial charge in [0.05, 0.1) is 29.1 Å². The lowest BCUT2D eigenvalue weighted by atomic mass is 9.90. The zero-order chi connectivity index (χ0) is 27.2. The van der Waals surface area contributed by atoms with Crippen molar-refractivity contribution < 1.29 is 37.2 Å². The Bertz CT molecular complexity index is 1290. The molecule has 3 aromatic rings. The molecule has 0 amide bonds. The van der Waals surface area contributed by atoms with E-state index >= 15 is 0 Å². The fourth-order valence-electron chi connectivity index (χ4n) is 5.20. The number of halogens is 5. The van der Waals surface area contributed by atoms with Crippen LogP contribution < -0.4 is 0 Å². The van der Waals surface area contributed by atoms with Crippen LogP contribution in [0.3, 0.4) is 0 Å². The van der Waals surface area contributed by atoms with E-state index in [-0.39, 0.29) is 35.0 Å². The predicted molar refractivity (Wildman–Crippen MR) is 126 cm³/mol. The van der Waals surface area contributed by atoms with E-state index in [4.69, 9.17) is 9.47 Å². The van der Waals surface area contributed by atoms with E-state index in [2.05, 4.69) is 36.6 Å². The Balaban J connectivity index is 1.42. The van der Waals surface area contributed by atoms with Gasteiger partial charge in [-0.25, -0.2) is 26.9 Å². The molecule has 2 aromatic heterocycles. The van der Waals surface area contributed by atoms with Crippen molar-refractivity contribution in [2.45, 2.75) is 68.1 Å². The lowest BCUT2D eigenvalue weighted by molar-refractivity contribution is -0.212. The van der Waals surface area contributed by atoms with Crippen LogP contribution >= 0.6 is 15.9 Å². The summed E-state index contributed by atoms with van der Waals surface area (Å²) in [6.45, 7) is -0.542. The standard InChI is InChI=1S/C23H25BrF4N6O4/c1-37-22-15(7-11-8-33(31-29-11)17-3-2-6-23(17,27)28)38-16(10-35)21(36)20(22)34-9-14(30-32-34)12-4-5-13(24)19(26)18(12)25/h4-5,8-9,15-17,20-22,35-36H,2-3,6-7,10H2,1H3/t15-,16-,17+,20+,21+,22+/m1/s1. The monoisotopic (exact) mass is 604 g/mol. The molecule has 38 heavy (non-hydrogen) atoms. The molecular weight excluding hydrogens is 580 g/mol. The molecule has 3 heterocycles. The summed E-state index contributed by atoms with van der Waals surface area (Å²) in [5.74, 6) is -5.08. The first-order valence-electron chi connectivity index (χ1n) is 12.0. The van der Waals surface area contributed by atoms with Gasteiger partial charge in [0.15, 0.2) is 11.6 Å². The molecule has 0 spiro atoms. The van der Waals surface area contributed by atoms with Gasteiger partial charge in [0.2, 0.25) is 0 Å². The molecule has 1 aromatic carbocycles. The second-order valence-corrected chi connectivity index (χ2v) is 10.3. The maximum atomic E-state index is 14.5. The highest BCUT2D eigenvalue weighted by Gasteiger charge is 2.48. The average molecular weight is 605 g/mol. The topological polar surface area (TPSA) is 120 Å². The van der Waals surface area contributed by atoms with Gasteiger partial charge in [0.1, 0.15) is 36.1 Å². The fourth-order valence-corrected chi connectivity index (χ4v) is 5.51. The van der Waals surface area contributed by atoms with Crippen molar-refractivity contribution in [3.05, 3.63) is 46.3 Å². The van der Waals surface area contributed by atoms with Crippen molar-refractivity contribution in [1.82, 2.24) is 30.0 Å². The first-order chi connectivity index (χ1) is 18.1. The van der Waals surface area contributed by atoms with Crippen LogP contribution in [0.4, 0.5) is 17.6 Å². The largest absolute Gasteiger partial charge is 0.394 e. The summed E-state index contributed by atoms with van der Waals surface area (Å²) in [4.78, 5) is 0. The van der Waals surface area contributed by atoms with Crippen molar-refractivity contribution in [2.75, 3.05) is 13.7 Å². The number of rotatable bonds is 7. The van der Waals surface area contributed by atoms with Crippen LogP contribution in [0.25, 0.3) is 11.3 Å². The van der Waals surface area contributed by atoms with Gasteiger partial charge in [0, 0.05) is 31.7 Å². The molecule has 0 unspecified atom stereocenters. The van der Waals surface area contributed by atoms with Gasteiger partial charge in [-0.05, 0) is 40.9 Å². The van der Waals surface area contributed by atoms with Crippen molar-refractivity contribution >= 4 is 15.9 Å². The summed E-state index contributed by atoms with van der Waals surface area (Å²) in [5, 5.41) is 36.7. The summed E-state index contributed by atoms with van der Waals surface area (Å²) in [6.07, 6.45) is -0.721. The SMILES string of the molecule is CO[C@@H]1[C@@H](n2cc(-c3ccc(Br)c(F)c3F)nn2)[C@@H](O)[C@@H](CO)O[C@@H]1Cc1cn([C@H]2CCCC2(F)F)nn1. The third-order valence-electron chi connectivity index (χ3n) is 7.13. The molecule has 15 heteroatoms. The fraction of sp³-hybridized carbons (Fsp3) is 0.565. The third kappa shape index (κ3) is 4.85. The molecule has 1 aliphatic heterocycles. The van der Waals surface area contributed by atoms with E-state index in [9.17, 15) is 27.8 Å². The summed E-state index contributed by atoms with van der Waals surface area (Å²) in [5.41, 5.74) is 0.237. The predicted octanol–water partition coefficient (Wildman–Crippen LogP) is 2.86. The molecule has 1 aliphatic carbocycles. The van der Waals surface area contributed by atoms with E-state index in [0.717, 1.165) is 0 Å². The summed E-state index contributed by atoms with van der Waals surface area (Å²) < 4.78 is 70.9. The van der Waals surface area contributed by atoms with Crippen LogP contribution in [0.15, 0.2) is 29.0 Å². The van der Waals surface area contributed by atoms with E-state index in [1.165, 1.54) is 41.0 Å². The Labute approximate surface area is 222 Å². The molecule has 206 valence electrons. The number of aliphatic hydroxyl groups is 2. The summed E-state index contributed by atoms with van der Waals surface area (Å²) in [7, 11) is 1.39. The smallest absolute Gasteiger partial charge is 0.270 e. The van der Waals surface area contributed by atoms with Gasteiger partial charge in [0.25, 0.3) is 5.92 Å². The zero-order valence-corrected chi connectivity index (χ0v) is 21.7. The van der Waals surface area contributed by atoms with Crippen LogP contribution in [-0.4, -0.2) is 84.3 Å². The lowest BCUT2D eigenvalue weighted by Crippen LogP contribution is -2.57. The van der Waals surface area contributed by atoms with E-state index in [1.54, 1.807) is 0 Å². The number of hydrogen-bond donors (Lipinski definition) is 2. The second kappa shape index (κ2) is 10.6. The van der Waals surface area contributed by atoms with E-state index in [0.29, 0.717) is 12.1 Å². The average Bonchev–Trinajstić information content (AvgIpc) is 3.63. The van der Waals surface area contributed by atoms with Gasteiger partial charge < -0.3 is 19.7 Å². The van der Waals surface area contributed by atoms with Gasteiger partial charge >= 0.3 is 0 Å². The molecule has 0 bridgehead atoms. The molecule has 5 rings (SSSR count). The summed E-state index contributed by atoms with van der Waals surface area (Å²) in [6, 6.07) is 0.642. The third-order valence-corrected chi connectivity index (χ3v) is 7.74. The Morgan fingerprint density at radius 3 is 2.58 bits per heavy atom. The lowest BCUT2D eigenvalue weighted by Gasteiger charge is -2.43. The number of aromatic nitrogens is 6. The zero-order valence-electron chi connectivity index (χ0n) is 20.1. The van der Waals surface area contributed by atoms with Crippen LogP contribution in [-0.2, 0) is 15.9 Å². The second-order valence-electron chi connectivity index (χ2n) is 9.45. The maximum Gasteiger partial charge on any atom is 0.270 e. The summed E-state index contributed by atoms with van der Waals surface area (Å²) >= 11 is 2.93. The van der Waals surface area contributed by atoms with Crippen molar-refractivity contribution in [3.8, 4) is 11.3 Å². The molecule has 2 fully saturated rings. The van der Waals surface area contributed by atoms with Gasteiger partial charge in [-0.15, -0.1) is 10.2 Å². The number of hydrogen-bond acceptors (Lipinski definition) is 8. The number of aliphatic hydroxyl groups excluding tert-OH is 2. The van der Waals surface area contributed by atoms with Crippen LogP contribution in [0.1, 0.15) is 37.0 Å². The highest BCUT2D eigenvalue weighted by atomic mass is 79.9. The number of methoxy groups -OCH3 is 1. The van der Waals surface area contributed by atoms with Crippen molar-refractivity contribution in [2.24, 2.45) is 0 Å². The minimum Gasteiger partial charge on any atom is -0.394 e. The Hall–Kier alpha value is -2.46. The number of nitrogens with zero attached hydrogens (tertiary/aromatic N) is 6. The van der Waals surface area contributed by atoms with Gasteiger partial charge in [-0.1, -0.05) is 10.4 Å². The minimum atomic E-state index is -2.87. The Morgan fingerprint density at radius 1 is 1.13 bits per heavy atom. The number of alkyl halides is 2. The Morgan fingerprint density at radius 2 is 1.89 bits per heavy atom. The Kier molecular flexibility index (Phi) is 7.57. The van der Waals surface area contributed by atoms with E-state index in [1.807, 2.05) is 0 Å². The van der Waals surface area contributed by atoms with Gasteiger partial charge in [-0.2, -0.15) is 0 Å². The van der Waals surface area contributed by atoms with Gasteiger partial charge in [-0.3, -0.25) is 0 Å². The van der Waals surface area contributed by atoms with Crippen molar-refractivity contribution in [3.63, 3.8) is 0 Å². The van der Waals surface area contributed by atoms with Crippen LogP contribution in [0.2, 0.25) is 0 Å². The van der Waals surface area contributed by atoms with E-state index < -0.39 is 60.7 Å².